The molecule has 0 fully saturated rings. The smallest absolute Gasteiger partial charge is 0.334 e. The summed E-state index contributed by atoms with van der Waals surface area (Å²) in [4.78, 5) is 98.0. The fraction of sp³-hybridized carbons (Fsp3) is 0.614. The molecule has 2 unspecified atom stereocenters. The topological polar surface area (TPSA) is 201 Å². The molecule has 5 amide bonds. The quantitative estimate of drug-likeness (QED) is 0.234. The summed E-state index contributed by atoms with van der Waals surface area (Å²) in [7, 11) is 2.85. The van der Waals surface area contributed by atoms with E-state index in [4.69, 9.17) is 9.47 Å². The van der Waals surface area contributed by atoms with E-state index in [9.17, 15) is 38.7 Å². The highest BCUT2D eigenvalue weighted by Crippen LogP contribution is 2.24. The Morgan fingerprint density at radius 1 is 0.898 bits per heavy atom. The number of ether oxygens (including phenoxy) is 2. The van der Waals surface area contributed by atoms with Gasteiger partial charge in [0.2, 0.25) is 23.6 Å². The first-order chi connectivity index (χ1) is 27.6. The van der Waals surface area contributed by atoms with Crippen molar-refractivity contribution in [3.05, 3.63) is 59.2 Å². The van der Waals surface area contributed by atoms with Crippen LogP contribution in [-0.2, 0) is 49.5 Å². The predicted octanol–water partition coefficient (Wildman–Crippen LogP) is 3.24. The number of esters is 2. The van der Waals surface area contributed by atoms with Crippen LogP contribution >= 0.6 is 0 Å². The highest BCUT2D eigenvalue weighted by molar-refractivity contribution is 5.96. The first kappa shape index (κ1) is 50.1. The largest absolute Gasteiger partial charge is 0.456 e. The summed E-state index contributed by atoms with van der Waals surface area (Å²) in [5.41, 5.74) is 1.51. The zero-order valence-corrected chi connectivity index (χ0v) is 36.9. The van der Waals surface area contributed by atoms with Gasteiger partial charge in [-0.1, -0.05) is 83.5 Å². The minimum Gasteiger partial charge on any atom is -0.456 e. The molecule has 1 heterocycles. The molecule has 0 saturated heterocycles. The molecule has 0 aliphatic carbocycles. The van der Waals surface area contributed by atoms with Crippen LogP contribution in [0.1, 0.15) is 94.1 Å². The van der Waals surface area contributed by atoms with Gasteiger partial charge in [-0.2, -0.15) is 0 Å². The number of carbonyl (C=O) groups is 7. The normalized spacial score (nSPS) is 28.8. The van der Waals surface area contributed by atoms with Gasteiger partial charge in [-0.3, -0.25) is 24.0 Å². The molecule has 9 atom stereocenters. The summed E-state index contributed by atoms with van der Waals surface area (Å²) in [6.45, 7) is 16.5. The zero-order valence-electron chi connectivity index (χ0n) is 36.9. The van der Waals surface area contributed by atoms with Gasteiger partial charge in [0.15, 0.2) is 6.10 Å². The molecule has 328 valence electrons. The molecule has 1 aliphatic rings. The molecular weight excluding hydrogens is 759 g/mol. The molecule has 4 N–H and O–H groups in total. The lowest BCUT2D eigenvalue weighted by Crippen LogP contribution is -2.57. The standard InChI is InChI=1S/C44H67N5O10/c1-13-26(5)37-40(53)46-31(10)44(57)59-38(27(6)14-2)29(8)34(50)21-20-28(7)43(56)58-35(22-25(3)4)39(52)45-30(9)41(54)49(12)33(23-32-18-16-15-17-19-32)42(55)48(11)24-36(51)47-37/h14-20,25-26,29-31,33-35,37-38,50H,13,21-24H2,1-12H3,(H,45,52)(H,46,53)(H,47,51)/b27-14+,28-20+/t26-,29-,30+,31-,33?,34-,35?,37-,38+/m0/s1. The Labute approximate surface area is 349 Å². The Morgan fingerprint density at radius 2 is 1.51 bits per heavy atom. The number of likely N-dealkylation sites (N-methyl/N-ethyl adjacent to an activating group) is 2. The van der Waals surface area contributed by atoms with Gasteiger partial charge in [-0.05, 0) is 70.4 Å². The number of hydrogen-bond acceptors (Lipinski definition) is 10. The van der Waals surface area contributed by atoms with Crippen molar-refractivity contribution in [2.75, 3.05) is 20.6 Å². The van der Waals surface area contributed by atoms with Crippen LogP contribution in [0.2, 0.25) is 0 Å². The van der Waals surface area contributed by atoms with E-state index >= 15 is 0 Å². The molecule has 1 aromatic carbocycles. The number of allylic oxidation sites excluding steroid dienone is 1. The zero-order chi connectivity index (χ0) is 44.7. The summed E-state index contributed by atoms with van der Waals surface area (Å²) in [6.07, 6.45) is 0.687. The maximum atomic E-state index is 14.1. The molecule has 15 heteroatoms. The molecule has 59 heavy (non-hydrogen) atoms. The van der Waals surface area contributed by atoms with Crippen molar-refractivity contribution in [3.63, 3.8) is 0 Å². The third-order valence-corrected chi connectivity index (χ3v) is 10.8. The van der Waals surface area contributed by atoms with Crippen LogP contribution in [-0.4, -0.2) is 120 Å². The molecule has 0 aromatic heterocycles. The fourth-order valence-corrected chi connectivity index (χ4v) is 6.55. The average molecular weight is 826 g/mol. The summed E-state index contributed by atoms with van der Waals surface area (Å²) in [5, 5.41) is 19.3. The number of amides is 5. The number of cyclic esters (lactones) is 2. The van der Waals surface area contributed by atoms with Crippen LogP contribution in [0.4, 0.5) is 0 Å². The van der Waals surface area contributed by atoms with Crippen LogP contribution < -0.4 is 16.0 Å². The van der Waals surface area contributed by atoms with Gasteiger partial charge >= 0.3 is 11.9 Å². The van der Waals surface area contributed by atoms with Gasteiger partial charge in [-0.15, -0.1) is 0 Å². The van der Waals surface area contributed by atoms with E-state index in [1.54, 1.807) is 58.0 Å². The highest BCUT2D eigenvalue weighted by Gasteiger charge is 2.36. The Hall–Kier alpha value is -5.05. The van der Waals surface area contributed by atoms with Crippen LogP contribution in [0, 0.1) is 17.8 Å². The van der Waals surface area contributed by atoms with Gasteiger partial charge in [0, 0.05) is 32.0 Å². The number of benzene rings is 1. The number of hydrogen-bond donors (Lipinski definition) is 4. The number of rotatable bonds is 7. The molecule has 0 saturated carbocycles. The van der Waals surface area contributed by atoms with Crippen LogP contribution in [0.3, 0.4) is 0 Å². The second kappa shape index (κ2) is 23.5. The minimum atomic E-state index is -1.26. The van der Waals surface area contributed by atoms with E-state index in [2.05, 4.69) is 16.0 Å². The number of aliphatic hydroxyl groups is 1. The molecule has 15 nitrogen and oxygen atoms in total. The van der Waals surface area contributed by atoms with E-state index in [1.807, 2.05) is 26.8 Å². The highest BCUT2D eigenvalue weighted by atomic mass is 16.6. The summed E-state index contributed by atoms with van der Waals surface area (Å²) >= 11 is 0. The summed E-state index contributed by atoms with van der Waals surface area (Å²) in [6, 6.07) is 4.53. The van der Waals surface area contributed by atoms with Gasteiger partial charge in [0.05, 0.1) is 12.6 Å². The molecule has 0 bridgehead atoms. The first-order valence-corrected chi connectivity index (χ1v) is 20.5. The number of aliphatic hydroxyl groups excluding tert-OH is 1. The van der Waals surface area contributed by atoms with E-state index in [-0.39, 0.29) is 36.7 Å². The first-order valence-electron chi connectivity index (χ1n) is 20.5. The van der Waals surface area contributed by atoms with E-state index < -0.39 is 96.4 Å². The molecule has 0 spiro atoms. The maximum absolute atomic E-state index is 14.1. The van der Waals surface area contributed by atoms with Crippen LogP contribution in [0.15, 0.2) is 53.6 Å². The SMILES string of the molecule is C/C=C(\C)[C@H]1OC(=O)[C@H](C)NC(=O)[C@H]([C@@H](C)CC)NC(=O)CN(C)C(=O)C(Cc2ccccc2)N(C)C(=O)[C@@H](C)NC(=O)C(CC(C)C)OC(=O)/C(C)=C/C[C@H](O)[C@@H]1C. The lowest BCUT2D eigenvalue weighted by atomic mass is 9.90. The van der Waals surface area contributed by atoms with Gasteiger partial charge in [0.1, 0.15) is 30.3 Å². The predicted molar refractivity (Wildman–Crippen MR) is 223 cm³/mol. The van der Waals surface area contributed by atoms with E-state index in [0.29, 0.717) is 12.0 Å². The monoisotopic (exact) mass is 825 g/mol. The number of nitrogens with zero attached hydrogens (tertiary/aromatic N) is 2. The maximum Gasteiger partial charge on any atom is 0.334 e. The number of nitrogens with one attached hydrogen (secondary N) is 3. The van der Waals surface area contributed by atoms with E-state index in [1.165, 1.54) is 50.7 Å². The van der Waals surface area contributed by atoms with Crippen molar-refractivity contribution in [2.24, 2.45) is 17.8 Å². The second-order valence-corrected chi connectivity index (χ2v) is 16.2. The minimum absolute atomic E-state index is 0.0211. The average Bonchev–Trinajstić information content (AvgIpc) is 3.20. The van der Waals surface area contributed by atoms with Gasteiger partial charge < -0.3 is 40.3 Å². The fourth-order valence-electron chi connectivity index (χ4n) is 6.55. The summed E-state index contributed by atoms with van der Waals surface area (Å²) < 4.78 is 11.5. The lowest BCUT2D eigenvalue weighted by Gasteiger charge is -2.33. The Kier molecular flexibility index (Phi) is 20.0. The van der Waals surface area contributed by atoms with E-state index in [0.717, 1.165) is 5.56 Å². The Balaban J connectivity index is 2.62. The van der Waals surface area contributed by atoms with Crippen molar-refractivity contribution >= 4 is 41.5 Å². The Morgan fingerprint density at radius 3 is 2.08 bits per heavy atom. The van der Waals surface area contributed by atoms with Crippen LogP contribution in [0.25, 0.3) is 0 Å². The van der Waals surface area contributed by atoms with Crippen molar-refractivity contribution in [1.29, 1.82) is 0 Å². The second-order valence-electron chi connectivity index (χ2n) is 16.2. The van der Waals surface area contributed by atoms with Crippen molar-refractivity contribution < 1.29 is 48.1 Å². The van der Waals surface area contributed by atoms with Crippen molar-refractivity contribution in [3.8, 4) is 0 Å². The third-order valence-electron chi connectivity index (χ3n) is 10.8. The number of carbonyl (C=O) groups excluding carboxylic acids is 7. The molecule has 0 radical (unpaired) electrons. The van der Waals surface area contributed by atoms with Gasteiger partial charge in [0.25, 0.3) is 5.91 Å². The molecular formula is C44H67N5O10. The Bertz CT molecular complexity index is 1700. The molecule has 2 rings (SSSR count). The van der Waals surface area contributed by atoms with Crippen molar-refractivity contribution in [1.82, 2.24) is 25.8 Å². The molecule has 1 aliphatic heterocycles. The molecule has 1 aromatic rings. The van der Waals surface area contributed by atoms with Crippen LogP contribution in [0.5, 0.6) is 0 Å². The van der Waals surface area contributed by atoms with Crippen molar-refractivity contribution in [2.45, 2.75) is 137 Å². The summed E-state index contributed by atoms with van der Waals surface area (Å²) in [5.74, 6) is -5.83. The van der Waals surface area contributed by atoms with Gasteiger partial charge in [-0.25, -0.2) is 9.59 Å². The third kappa shape index (κ3) is 14.9. The lowest BCUT2D eigenvalue weighted by molar-refractivity contribution is -0.155.